The zero-order valence-corrected chi connectivity index (χ0v) is 16.4. The lowest BCUT2D eigenvalue weighted by Gasteiger charge is -2.28. The van der Waals surface area contributed by atoms with Crippen LogP contribution in [0, 0.1) is 0 Å². The van der Waals surface area contributed by atoms with Gasteiger partial charge in [0.25, 0.3) is 5.91 Å². The summed E-state index contributed by atoms with van der Waals surface area (Å²) < 4.78 is 7.42. The number of para-hydroxylation sites is 1. The van der Waals surface area contributed by atoms with Gasteiger partial charge in [-0.3, -0.25) is 4.79 Å². The number of nitrogens with one attached hydrogen (secondary N) is 2. The van der Waals surface area contributed by atoms with E-state index in [4.69, 9.17) is 4.74 Å². The molecule has 3 aromatic rings. The molecule has 2 heterocycles. The van der Waals surface area contributed by atoms with Crippen LogP contribution >= 0.6 is 0 Å². The van der Waals surface area contributed by atoms with Crippen molar-refractivity contribution in [3.8, 4) is 5.75 Å². The van der Waals surface area contributed by atoms with Gasteiger partial charge in [-0.1, -0.05) is 37.3 Å². The number of anilines is 2. The van der Waals surface area contributed by atoms with Crippen LogP contribution in [0.2, 0.25) is 0 Å². The summed E-state index contributed by atoms with van der Waals surface area (Å²) in [7, 11) is 0. The van der Waals surface area contributed by atoms with Gasteiger partial charge in [-0.15, -0.1) is 0 Å². The Kier molecular flexibility index (Phi) is 5.29. The van der Waals surface area contributed by atoms with E-state index < -0.39 is 6.04 Å². The van der Waals surface area contributed by atoms with E-state index in [2.05, 4.69) is 27.6 Å². The number of carbonyl (C=O) groups is 1. The zero-order valence-electron chi connectivity index (χ0n) is 16.4. The molecule has 0 spiro atoms. The Morgan fingerprint density at radius 3 is 2.66 bits per heavy atom. The molecule has 1 aliphatic heterocycles. The molecule has 7 nitrogen and oxygen atoms in total. The highest BCUT2D eigenvalue weighted by Gasteiger charge is 2.33. The van der Waals surface area contributed by atoms with Crippen molar-refractivity contribution in [3.05, 3.63) is 77.8 Å². The summed E-state index contributed by atoms with van der Waals surface area (Å²) in [6, 6.07) is 16.8. The molecule has 29 heavy (non-hydrogen) atoms. The van der Waals surface area contributed by atoms with E-state index in [1.54, 1.807) is 4.68 Å². The van der Waals surface area contributed by atoms with Crippen LogP contribution in [0.5, 0.6) is 5.75 Å². The smallest absolute Gasteiger partial charge is 0.255 e. The summed E-state index contributed by atoms with van der Waals surface area (Å²) in [6.07, 6.45) is 2.43. The zero-order chi connectivity index (χ0) is 20.2. The highest BCUT2D eigenvalue weighted by atomic mass is 16.5. The number of hydrogen-bond acceptors (Lipinski definition) is 5. The molecule has 2 N–H and O–H groups in total. The first kappa shape index (κ1) is 18.7. The van der Waals surface area contributed by atoms with Crippen molar-refractivity contribution < 1.29 is 9.53 Å². The number of ether oxygens (including phenoxy) is 1. The summed E-state index contributed by atoms with van der Waals surface area (Å²) in [6.45, 7) is 4.62. The minimum atomic E-state index is -0.391. The van der Waals surface area contributed by atoms with Gasteiger partial charge in [0, 0.05) is 11.4 Å². The van der Waals surface area contributed by atoms with Crippen LogP contribution in [0.25, 0.3) is 0 Å². The van der Waals surface area contributed by atoms with E-state index >= 15 is 0 Å². The second kappa shape index (κ2) is 8.18. The van der Waals surface area contributed by atoms with Crippen molar-refractivity contribution in [1.29, 1.82) is 0 Å². The van der Waals surface area contributed by atoms with E-state index in [1.165, 1.54) is 6.33 Å². The Labute approximate surface area is 169 Å². The minimum absolute atomic E-state index is 0.182. The van der Waals surface area contributed by atoms with Crippen molar-refractivity contribution in [2.24, 2.45) is 0 Å². The van der Waals surface area contributed by atoms with E-state index in [9.17, 15) is 4.79 Å². The van der Waals surface area contributed by atoms with Crippen molar-refractivity contribution in [3.63, 3.8) is 0 Å². The predicted molar refractivity (Wildman–Crippen MR) is 112 cm³/mol. The summed E-state index contributed by atoms with van der Waals surface area (Å²) >= 11 is 0. The van der Waals surface area contributed by atoms with Gasteiger partial charge in [0.05, 0.1) is 12.2 Å². The van der Waals surface area contributed by atoms with Gasteiger partial charge in [-0.2, -0.15) is 10.1 Å². The Bertz CT molecular complexity index is 1020. The van der Waals surface area contributed by atoms with Crippen LogP contribution in [0.3, 0.4) is 0 Å². The first-order chi connectivity index (χ1) is 14.2. The summed E-state index contributed by atoms with van der Waals surface area (Å²) in [5, 5.41) is 10.5. The number of hydrogen-bond donors (Lipinski definition) is 2. The normalized spacial score (nSPS) is 15.4. The van der Waals surface area contributed by atoms with Crippen molar-refractivity contribution in [2.75, 3.05) is 17.2 Å². The Morgan fingerprint density at radius 1 is 1.17 bits per heavy atom. The number of carbonyl (C=O) groups excluding carboxylic acids is 1. The lowest BCUT2D eigenvalue weighted by molar-refractivity contribution is -0.113. The molecule has 1 amide bonds. The molecule has 1 atom stereocenters. The van der Waals surface area contributed by atoms with Crippen molar-refractivity contribution >= 4 is 17.5 Å². The van der Waals surface area contributed by atoms with Crippen LogP contribution in [0.4, 0.5) is 11.6 Å². The summed E-state index contributed by atoms with van der Waals surface area (Å²) in [5.74, 6) is 1.23. The molecule has 0 saturated carbocycles. The largest absolute Gasteiger partial charge is 0.494 e. The first-order valence-corrected chi connectivity index (χ1v) is 9.64. The second-order valence-electron chi connectivity index (χ2n) is 6.83. The molecule has 0 aliphatic carbocycles. The van der Waals surface area contributed by atoms with Gasteiger partial charge in [-0.25, -0.2) is 4.68 Å². The van der Waals surface area contributed by atoms with E-state index in [1.807, 2.05) is 61.5 Å². The quantitative estimate of drug-likeness (QED) is 0.666. The molecule has 0 bridgehead atoms. The van der Waals surface area contributed by atoms with Crippen LogP contribution in [0.15, 0.2) is 72.2 Å². The summed E-state index contributed by atoms with van der Waals surface area (Å²) in [4.78, 5) is 17.5. The molecule has 1 aliphatic rings. The molecule has 4 rings (SSSR count). The van der Waals surface area contributed by atoms with Crippen molar-refractivity contribution in [2.45, 2.75) is 26.3 Å². The predicted octanol–water partition coefficient (Wildman–Crippen LogP) is 3.99. The standard InChI is InChI=1S/C22H23N5O2/c1-3-13-29-18-11-9-16(10-12-18)20-19(15(2)25-22-23-14-24-27(20)22)21(28)26-17-7-5-4-6-8-17/h4-12,14,20H,3,13H2,1-2H3,(H,26,28)(H,23,24,25). The maximum absolute atomic E-state index is 13.2. The number of aromatic nitrogens is 3. The lowest BCUT2D eigenvalue weighted by atomic mass is 9.95. The maximum Gasteiger partial charge on any atom is 0.255 e. The highest BCUT2D eigenvalue weighted by molar-refractivity contribution is 6.06. The topological polar surface area (TPSA) is 81.1 Å². The fourth-order valence-corrected chi connectivity index (χ4v) is 3.38. The van der Waals surface area contributed by atoms with Crippen LogP contribution in [-0.4, -0.2) is 27.3 Å². The fourth-order valence-electron chi connectivity index (χ4n) is 3.38. The Balaban J connectivity index is 1.69. The fraction of sp³-hybridized carbons (Fsp3) is 0.227. The third kappa shape index (κ3) is 3.85. The van der Waals surface area contributed by atoms with Gasteiger partial charge in [0.2, 0.25) is 5.95 Å². The summed E-state index contributed by atoms with van der Waals surface area (Å²) in [5.41, 5.74) is 3.01. The molecule has 148 valence electrons. The van der Waals surface area contributed by atoms with E-state index in [0.29, 0.717) is 18.1 Å². The van der Waals surface area contributed by atoms with Crippen LogP contribution in [0.1, 0.15) is 31.9 Å². The number of nitrogens with zero attached hydrogens (tertiary/aromatic N) is 3. The number of rotatable bonds is 6. The number of benzene rings is 2. The van der Waals surface area contributed by atoms with Gasteiger partial charge in [0.15, 0.2) is 0 Å². The molecule has 1 unspecified atom stereocenters. The van der Waals surface area contributed by atoms with Crippen molar-refractivity contribution in [1.82, 2.24) is 14.8 Å². The maximum atomic E-state index is 13.2. The SMILES string of the molecule is CCCOc1ccc(C2C(C(=O)Nc3ccccc3)=C(C)Nc3ncnn32)cc1. The first-order valence-electron chi connectivity index (χ1n) is 9.64. The third-order valence-corrected chi connectivity index (χ3v) is 4.74. The number of amides is 1. The lowest BCUT2D eigenvalue weighted by Crippen LogP contribution is -2.31. The molecule has 7 heteroatoms. The monoisotopic (exact) mass is 389 g/mol. The third-order valence-electron chi connectivity index (χ3n) is 4.74. The number of fused-ring (bicyclic) bond motifs is 1. The highest BCUT2D eigenvalue weighted by Crippen LogP contribution is 2.35. The van der Waals surface area contributed by atoms with Crippen LogP contribution in [-0.2, 0) is 4.79 Å². The van der Waals surface area contributed by atoms with Gasteiger partial charge >= 0.3 is 0 Å². The number of allylic oxidation sites excluding steroid dienone is 1. The molecule has 0 fully saturated rings. The van der Waals surface area contributed by atoms with Gasteiger partial charge in [-0.05, 0) is 43.2 Å². The molecule has 0 radical (unpaired) electrons. The van der Waals surface area contributed by atoms with E-state index in [0.717, 1.165) is 29.1 Å². The van der Waals surface area contributed by atoms with E-state index in [-0.39, 0.29) is 5.91 Å². The van der Waals surface area contributed by atoms with Gasteiger partial charge < -0.3 is 15.4 Å². The Morgan fingerprint density at radius 2 is 1.93 bits per heavy atom. The molecular weight excluding hydrogens is 366 g/mol. The van der Waals surface area contributed by atoms with Crippen LogP contribution < -0.4 is 15.4 Å². The molecular formula is C22H23N5O2. The molecule has 0 saturated heterocycles. The minimum Gasteiger partial charge on any atom is -0.494 e. The van der Waals surface area contributed by atoms with Gasteiger partial charge in [0.1, 0.15) is 18.1 Å². The molecule has 1 aromatic heterocycles. The average molecular weight is 389 g/mol. The molecule has 2 aromatic carbocycles. The Hall–Kier alpha value is -3.61. The second-order valence-corrected chi connectivity index (χ2v) is 6.83. The average Bonchev–Trinajstić information content (AvgIpc) is 3.20.